The summed E-state index contributed by atoms with van der Waals surface area (Å²) >= 11 is 5.57. The molecule has 4 heterocycles. The lowest BCUT2D eigenvalue weighted by Crippen LogP contribution is -2.40. The highest BCUT2D eigenvalue weighted by Gasteiger charge is 2.25. The number of ether oxygens (including phenoxy) is 3. The van der Waals surface area contributed by atoms with Crippen LogP contribution < -0.4 is 29.9 Å². The summed E-state index contributed by atoms with van der Waals surface area (Å²) in [7, 11) is 0. The molecule has 1 aromatic carbocycles. The molecule has 2 N–H and O–H groups in total. The van der Waals surface area contributed by atoms with Gasteiger partial charge in [-0.1, -0.05) is 19.9 Å². The van der Waals surface area contributed by atoms with E-state index in [1.165, 1.54) is 6.42 Å². The Balaban J connectivity index is 1.30. The second-order valence-electron chi connectivity index (χ2n) is 9.35. The molecule has 5 rings (SSSR count). The molecule has 1 aromatic heterocycles. The lowest BCUT2D eigenvalue weighted by atomic mass is 9.92. The first-order valence-electron chi connectivity index (χ1n) is 11.9. The summed E-state index contributed by atoms with van der Waals surface area (Å²) in [5.74, 6) is 5.14. The third kappa shape index (κ3) is 5.44. The molecule has 0 spiro atoms. The van der Waals surface area contributed by atoms with Crippen molar-refractivity contribution in [3.63, 3.8) is 0 Å². The second-order valence-corrected chi connectivity index (χ2v) is 9.76. The fourth-order valence-electron chi connectivity index (χ4n) is 4.82. The van der Waals surface area contributed by atoms with Crippen LogP contribution in [-0.2, 0) is 11.3 Å². The Morgan fingerprint density at radius 1 is 1.00 bits per heavy atom. The van der Waals surface area contributed by atoms with E-state index in [9.17, 15) is 0 Å². The molecule has 34 heavy (non-hydrogen) atoms. The van der Waals surface area contributed by atoms with E-state index in [1.54, 1.807) is 0 Å². The van der Waals surface area contributed by atoms with E-state index in [0.29, 0.717) is 42.7 Å². The van der Waals surface area contributed by atoms with E-state index in [0.717, 1.165) is 54.9 Å². The smallest absolute Gasteiger partial charge is 0.232 e. The van der Waals surface area contributed by atoms with Crippen LogP contribution in [0.25, 0.3) is 0 Å². The number of piperidine rings is 1. The molecule has 0 bridgehead atoms. The Bertz CT molecular complexity index is 1020. The maximum atomic E-state index is 5.57. The van der Waals surface area contributed by atoms with Gasteiger partial charge in [-0.2, -0.15) is 9.97 Å². The van der Waals surface area contributed by atoms with Crippen LogP contribution >= 0.6 is 12.2 Å². The van der Waals surface area contributed by atoms with Crippen LogP contribution in [0.4, 0.5) is 17.6 Å². The first kappa shape index (κ1) is 22.9. The number of hydrogen-bond acceptors (Lipinski definition) is 8. The van der Waals surface area contributed by atoms with Gasteiger partial charge in [0.25, 0.3) is 0 Å². The van der Waals surface area contributed by atoms with E-state index in [2.05, 4.69) is 40.3 Å². The van der Waals surface area contributed by atoms with E-state index in [-0.39, 0.29) is 6.79 Å². The minimum Gasteiger partial charge on any atom is -0.454 e. The van der Waals surface area contributed by atoms with Crippen LogP contribution in [0.2, 0.25) is 0 Å². The third-order valence-electron chi connectivity index (χ3n) is 6.34. The first-order chi connectivity index (χ1) is 16.5. The summed E-state index contributed by atoms with van der Waals surface area (Å²) in [5.41, 5.74) is 1.05. The maximum absolute atomic E-state index is 5.57. The highest BCUT2D eigenvalue weighted by atomic mass is 32.1. The van der Waals surface area contributed by atoms with Gasteiger partial charge in [-0.15, -0.1) is 0 Å². The molecular weight excluding hydrogens is 452 g/mol. The maximum Gasteiger partial charge on any atom is 0.232 e. The normalized spacial score (nSPS) is 21.9. The zero-order valence-corrected chi connectivity index (χ0v) is 20.6. The van der Waals surface area contributed by atoms with Crippen LogP contribution in [0.3, 0.4) is 0 Å². The number of hydrogen-bond donors (Lipinski definition) is 2. The average molecular weight is 485 g/mol. The summed E-state index contributed by atoms with van der Waals surface area (Å²) in [5, 5.41) is 6.93. The first-order valence-corrected chi connectivity index (χ1v) is 12.3. The van der Waals surface area contributed by atoms with Gasteiger partial charge < -0.3 is 34.6 Å². The van der Waals surface area contributed by atoms with Crippen molar-refractivity contribution in [2.45, 2.75) is 26.8 Å². The quantitative estimate of drug-likeness (QED) is 0.618. The number of aromatic nitrogens is 2. The molecule has 0 saturated carbocycles. The van der Waals surface area contributed by atoms with Gasteiger partial charge in [-0.3, -0.25) is 0 Å². The Kier molecular flexibility index (Phi) is 6.87. The van der Waals surface area contributed by atoms with Gasteiger partial charge in [-0.05, 0) is 48.2 Å². The van der Waals surface area contributed by atoms with Crippen molar-refractivity contribution in [3.05, 3.63) is 29.8 Å². The zero-order valence-electron chi connectivity index (χ0n) is 19.7. The predicted molar refractivity (Wildman–Crippen MR) is 136 cm³/mol. The van der Waals surface area contributed by atoms with Crippen molar-refractivity contribution in [1.29, 1.82) is 0 Å². The average Bonchev–Trinajstić information content (AvgIpc) is 3.30. The van der Waals surface area contributed by atoms with Crippen LogP contribution in [0.15, 0.2) is 24.3 Å². The number of benzene rings is 1. The lowest BCUT2D eigenvalue weighted by molar-refractivity contribution is 0.122. The molecule has 0 unspecified atom stereocenters. The Morgan fingerprint density at radius 3 is 2.47 bits per heavy atom. The van der Waals surface area contributed by atoms with Crippen LogP contribution in [0, 0.1) is 11.8 Å². The molecule has 2 atom stereocenters. The van der Waals surface area contributed by atoms with Crippen molar-refractivity contribution in [1.82, 2.24) is 15.3 Å². The van der Waals surface area contributed by atoms with Gasteiger partial charge in [0.15, 0.2) is 16.6 Å². The number of nitrogens with zero attached hydrogens (tertiary/aromatic N) is 4. The Hall–Kier alpha value is -2.85. The summed E-state index contributed by atoms with van der Waals surface area (Å²) in [6.07, 6.45) is 1.25. The minimum absolute atomic E-state index is 0.264. The van der Waals surface area contributed by atoms with Gasteiger partial charge in [0.05, 0.1) is 13.2 Å². The largest absolute Gasteiger partial charge is 0.454 e. The van der Waals surface area contributed by atoms with Crippen LogP contribution in [-0.4, -0.2) is 61.3 Å². The van der Waals surface area contributed by atoms with E-state index >= 15 is 0 Å². The highest BCUT2D eigenvalue weighted by Crippen LogP contribution is 2.32. The fourth-order valence-corrected chi connectivity index (χ4v) is 4.99. The van der Waals surface area contributed by atoms with E-state index in [4.69, 9.17) is 36.4 Å². The molecule has 3 aliphatic rings. The van der Waals surface area contributed by atoms with Crippen LogP contribution in [0.1, 0.15) is 25.8 Å². The Labute approximate surface area is 205 Å². The summed E-state index contributed by atoms with van der Waals surface area (Å²) < 4.78 is 16.4. The number of rotatable bonds is 5. The van der Waals surface area contributed by atoms with E-state index < -0.39 is 0 Å². The van der Waals surface area contributed by atoms with Gasteiger partial charge in [0, 0.05) is 38.8 Å². The van der Waals surface area contributed by atoms with Gasteiger partial charge in [0.1, 0.15) is 11.6 Å². The molecular formula is C24H32N6O3S. The molecule has 0 aliphatic carbocycles. The fraction of sp³-hybridized carbons (Fsp3) is 0.542. The summed E-state index contributed by atoms with van der Waals surface area (Å²) in [6.45, 7) is 10.5. The summed E-state index contributed by atoms with van der Waals surface area (Å²) in [4.78, 5) is 14.3. The molecule has 2 saturated heterocycles. The van der Waals surface area contributed by atoms with Crippen molar-refractivity contribution >= 4 is 34.9 Å². The molecule has 2 fully saturated rings. The molecule has 3 aliphatic heterocycles. The van der Waals surface area contributed by atoms with E-state index in [1.807, 2.05) is 18.2 Å². The molecule has 0 radical (unpaired) electrons. The lowest BCUT2D eigenvalue weighted by Gasteiger charge is -2.36. The highest BCUT2D eigenvalue weighted by molar-refractivity contribution is 7.80. The number of thiocarbonyl (C=S) groups is 1. The summed E-state index contributed by atoms with van der Waals surface area (Å²) in [6, 6.07) is 7.97. The standard InChI is InChI=1S/C24H32N6O3S/c1-16-9-17(2)14-30(13-16)22-11-21(29-5-7-31-8-6-29)26-23(27-22)28-24(34)25-12-18-3-4-19-20(10-18)33-15-32-19/h3-4,10-11,16-17H,5-9,12-15H2,1-2H3,(H2,25,26,27,28,34)/t16-,17-/m1/s1. The topological polar surface area (TPSA) is 84.0 Å². The number of nitrogens with one attached hydrogen (secondary N) is 2. The van der Waals surface area contributed by atoms with Crippen molar-refractivity contribution in [2.75, 3.05) is 61.3 Å². The molecule has 2 aromatic rings. The van der Waals surface area contributed by atoms with Crippen molar-refractivity contribution in [3.8, 4) is 11.5 Å². The van der Waals surface area contributed by atoms with Gasteiger partial charge >= 0.3 is 0 Å². The molecule has 182 valence electrons. The number of morpholine rings is 1. The van der Waals surface area contributed by atoms with Crippen molar-refractivity contribution < 1.29 is 14.2 Å². The molecule has 9 nitrogen and oxygen atoms in total. The predicted octanol–water partition coefficient (Wildman–Crippen LogP) is 3.01. The van der Waals surface area contributed by atoms with Crippen molar-refractivity contribution in [2.24, 2.45) is 11.8 Å². The SMILES string of the molecule is C[C@@H]1C[C@@H](C)CN(c2cc(N3CCOCC3)nc(NC(=S)NCc3ccc4c(c3)OCO4)n2)C1. The van der Waals surface area contributed by atoms with Crippen LogP contribution in [0.5, 0.6) is 11.5 Å². The zero-order chi connectivity index (χ0) is 23.5. The third-order valence-corrected chi connectivity index (χ3v) is 6.59. The Morgan fingerprint density at radius 2 is 1.71 bits per heavy atom. The van der Waals surface area contributed by atoms with Gasteiger partial charge in [0.2, 0.25) is 12.7 Å². The number of fused-ring (bicyclic) bond motifs is 1. The monoisotopic (exact) mass is 484 g/mol. The molecule has 10 heteroatoms. The molecule has 0 amide bonds. The minimum atomic E-state index is 0.264. The van der Waals surface area contributed by atoms with Gasteiger partial charge in [-0.25, -0.2) is 0 Å². The second kappa shape index (κ2) is 10.2. The number of anilines is 3.